The number of ether oxygens (including phenoxy) is 2. The molecule has 0 unspecified atom stereocenters. The molecule has 0 saturated heterocycles. The number of hydrogen-bond acceptors (Lipinski definition) is 4. The van der Waals surface area contributed by atoms with Crippen molar-refractivity contribution in [3.63, 3.8) is 0 Å². The van der Waals surface area contributed by atoms with Crippen LogP contribution in [0.15, 0.2) is 42.5 Å². The van der Waals surface area contributed by atoms with Crippen molar-refractivity contribution in [3.8, 4) is 11.5 Å². The highest BCUT2D eigenvalue weighted by Crippen LogP contribution is 2.24. The number of hydrogen-bond donors (Lipinski definition) is 3. The Morgan fingerprint density at radius 3 is 2.76 bits per heavy atom. The summed E-state index contributed by atoms with van der Waals surface area (Å²) in [5.74, 6) is 2.20. The molecule has 0 bridgehead atoms. The molecular formula is C18H20N4O2S. The quantitative estimate of drug-likeness (QED) is 0.590. The topological polar surface area (TPSA) is 71.2 Å². The van der Waals surface area contributed by atoms with Crippen molar-refractivity contribution in [3.05, 3.63) is 48.0 Å². The number of nitrogens with zero attached hydrogens (tertiary/aromatic N) is 1. The number of aromatic nitrogens is 2. The second-order valence-corrected chi connectivity index (χ2v) is 5.82. The number of anilines is 1. The van der Waals surface area contributed by atoms with E-state index in [1.165, 1.54) is 0 Å². The summed E-state index contributed by atoms with van der Waals surface area (Å²) in [5.41, 5.74) is 2.95. The van der Waals surface area contributed by atoms with Gasteiger partial charge < -0.3 is 25.1 Å². The molecule has 2 aromatic carbocycles. The lowest BCUT2D eigenvalue weighted by Gasteiger charge is -2.12. The Kier molecular flexibility index (Phi) is 5.35. The maximum absolute atomic E-state index is 5.40. The van der Waals surface area contributed by atoms with Crippen LogP contribution >= 0.6 is 12.2 Å². The van der Waals surface area contributed by atoms with Crippen molar-refractivity contribution in [2.45, 2.75) is 6.42 Å². The largest absolute Gasteiger partial charge is 0.497 e. The molecule has 0 aliphatic carbocycles. The average molecular weight is 356 g/mol. The van der Waals surface area contributed by atoms with Crippen LogP contribution in [-0.2, 0) is 6.42 Å². The number of aromatic amines is 1. The van der Waals surface area contributed by atoms with Crippen LogP contribution in [0.25, 0.3) is 11.0 Å². The van der Waals surface area contributed by atoms with E-state index in [1.807, 2.05) is 42.5 Å². The van der Waals surface area contributed by atoms with E-state index in [0.29, 0.717) is 17.6 Å². The molecule has 25 heavy (non-hydrogen) atoms. The minimum atomic E-state index is 0.520. The van der Waals surface area contributed by atoms with Crippen LogP contribution in [0, 0.1) is 0 Å². The molecular weight excluding hydrogens is 336 g/mol. The van der Waals surface area contributed by atoms with Crippen molar-refractivity contribution < 1.29 is 9.47 Å². The summed E-state index contributed by atoms with van der Waals surface area (Å²) in [6.45, 7) is 0.675. The number of fused-ring (bicyclic) bond motifs is 1. The molecule has 0 atom stereocenters. The molecule has 0 amide bonds. The van der Waals surface area contributed by atoms with Crippen LogP contribution in [0.3, 0.4) is 0 Å². The second kappa shape index (κ2) is 7.85. The third-order valence-corrected chi connectivity index (χ3v) is 4.04. The SMILES string of the molecule is COc1ccc(CCNC(=S)Nc2nc3ccccc3[nH]2)c(OC)c1. The first-order valence-electron chi connectivity index (χ1n) is 7.90. The van der Waals surface area contributed by atoms with Crippen LogP contribution < -0.4 is 20.1 Å². The first-order chi connectivity index (χ1) is 12.2. The summed E-state index contributed by atoms with van der Waals surface area (Å²) in [5, 5.41) is 6.76. The first kappa shape index (κ1) is 17.0. The van der Waals surface area contributed by atoms with Crippen molar-refractivity contribution in [1.82, 2.24) is 15.3 Å². The number of para-hydroxylation sites is 2. The molecule has 3 aromatic rings. The lowest BCUT2D eigenvalue weighted by molar-refractivity contribution is 0.391. The zero-order valence-corrected chi connectivity index (χ0v) is 14.9. The number of rotatable bonds is 6. The first-order valence-corrected chi connectivity index (χ1v) is 8.31. The minimum absolute atomic E-state index is 0.520. The third kappa shape index (κ3) is 4.19. The summed E-state index contributed by atoms with van der Waals surface area (Å²) in [6.07, 6.45) is 0.773. The fraction of sp³-hybridized carbons (Fsp3) is 0.222. The van der Waals surface area contributed by atoms with E-state index in [4.69, 9.17) is 21.7 Å². The predicted octanol–water partition coefficient (Wildman–Crippen LogP) is 3.11. The Labute approximate surface area is 151 Å². The summed E-state index contributed by atoms with van der Waals surface area (Å²) in [4.78, 5) is 7.62. The normalized spacial score (nSPS) is 10.5. The summed E-state index contributed by atoms with van der Waals surface area (Å²) in [7, 11) is 3.29. The van der Waals surface area contributed by atoms with Crippen molar-refractivity contribution in [2.24, 2.45) is 0 Å². The highest BCUT2D eigenvalue weighted by molar-refractivity contribution is 7.80. The maximum Gasteiger partial charge on any atom is 0.207 e. The van der Waals surface area contributed by atoms with Gasteiger partial charge in [-0.2, -0.15) is 0 Å². The Bertz CT molecular complexity index is 845. The third-order valence-electron chi connectivity index (χ3n) is 3.80. The van der Waals surface area contributed by atoms with Gasteiger partial charge >= 0.3 is 0 Å². The highest BCUT2D eigenvalue weighted by atomic mass is 32.1. The molecule has 1 aromatic heterocycles. The Morgan fingerprint density at radius 2 is 2.00 bits per heavy atom. The lowest BCUT2D eigenvalue weighted by atomic mass is 10.1. The second-order valence-electron chi connectivity index (χ2n) is 5.41. The maximum atomic E-state index is 5.40. The van der Waals surface area contributed by atoms with Gasteiger partial charge in [0.1, 0.15) is 11.5 Å². The molecule has 0 saturated carbocycles. The summed E-state index contributed by atoms with van der Waals surface area (Å²) < 4.78 is 10.6. The molecule has 130 valence electrons. The number of H-pyrrole nitrogens is 1. The van der Waals surface area contributed by atoms with Crippen LogP contribution in [0.2, 0.25) is 0 Å². The summed E-state index contributed by atoms with van der Waals surface area (Å²) >= 11 is 5.32. The highest BCUT2D eigenvalue weighted by Gasteiger charge is 2.06. The predicted molar refractivity (Wildman–Crippen MR) is 104 cm³/mol. The van der Waals surface area contributed by atoms with E-state index in [9.17, 15) is 0 Å². The van der Waals surface area contributed by atoms with Gasteiger partial charge in [-0.25, -0.2) is 4.98 Å². The van der Waals surface area contributed by atoms with Crippen LogP contribution in [0.1, 0.15) is 5.56 Å². The number of thiocarbonyl (C=S) groups is 1. The van der Waals surface area contributed by atoms with Gasteiger partial charge in [0, 0.05) is 12.6 Å². The van der Waals surface area contributed by atoms with E-state index in [-0.39, 0.29) is 0 Å². The Hall–Kier alpha value is -2.80. The fourth-order valence-electron chi connectivity index (χ4n) is 2.53. The monoisotopic (exact) mass is 356 g/mol. The number of nitrogens with one attached hydrogen (secondary N) is 3. The molecule has 7 heteroatoms. The van der Waals surface area contributed by atoms with Crippen molar-refractivity contribution >= 4 is 34.3 Å². The van der Waals surface area contributed by atoms with Crippen LogP contribution in [0.5, 0.6) is 11.5 Å². The van der Waals surface area contributed by atoms with Gasteiger partial charge in [-0.1, -0.05) is 18.2 Å². The fourth-order valence-corrected chi connectivity index (χ4v) is 2.73. The molecule has 6 nitrogen and oxygen atoms in total. The summed E-state index contributed by atoms with van der Waals surface area (Å²) in [6, 6.07) is 13.6. The Morgan fingerprint density at radius 1 is 1.16 bits per heavy atom. The van der Waals surface area contributed by atoms with Gasteiger partial charge in [-0.15, -0.1) is 0 Å². The van der Waals surface area contributed by atoms with Gasteiger partial charge in [0.2, 0.25) is 5.95 Å². The molecule has 0 radical (unpaired) electrons. The minimum Gasteiger partial charge on any atom is -0.497 e. The number of imidazole rings is 1. The Balaban J connectivity index is 1.54. The molecule has 0 aliphatic heterocycles. The van der Waals surface area contributed by atoms with Crippen molar-refractivity contribution in [2.75, 3.05) is 26.1 Å². The van der Waals surface area contributed by atoms with Gasteiger partial charge in [0.15, 0.2) is 5.11 Å². The smallest absolute Gasteiger partial charge is 0.207 e. The van der Waals surface area contributed by atoms with E-state index >= 15 is 0 Å². The van der Waals surface area contributed by atoms with Crippen LogP contribution in [0.4, 0.5) is 5.95 Å². The molecule has 0 fully saturated rings. The molecule has 3 rings (SSSR count). The lowest BCUT2D eigenvalue weighted by Crippen LogP contribution is -2.30. The van der Waals surface area contributed by atoms with Crippen LogP contribution in [-0.4, -0.2) is 35.8 Å². The molecule has 3 N–H and O–H groups in total. The number of methoxy groups -OCH3 is 2. The zero-order valence-electron chi connectivity index (χ0n) is 14.1. The van der Waals surface area contributed by atoms with Gasteiger partial charge in [-0.3, -0.25) is 0 Å². The van der Waals surface area contributed by atoms with Gasteiger partial charge in [0.25, 0.3) is 0 Å². The molecule has 1 heterocycles. The van der Waals surface area contributed by atoms with Crippen molar-refractivity contribution in [1.29, 1.82) is 0 Å². The average Bonchev–Trinajstić information content (AvgIpc) is 3.04. The zero-order chi connectivity index (χ0) is 17.6. The van der Waals surface area contributed by atoms with Gasteiger partial charge in [-0.05, 0) is 42.4 Å². The van der Waals surface area contributed by atoms with E-state index in [1.54, 1.807) is 14.2 Å². The van der Waals surface area contributed by atoms with E-state index in [2.05, 4.69) is 20.6 Å². The standard InChI is InChI=1S/C18H20N4O2S/c1-23-13-8-7-12(16(11-13)24-2)9-10-19-18(25)22-17-20-14-5-3-4-6-15(14)21-17/h3-8,11H,9-10H2,1-2H3,(H3,19,20,21,22,25). The van der Waals surface area contributed by atoms with E-state index in [0.717, 1.165) is 34.5 Å². The van der Waals surface area contributed by atoms with E-state index < -0.39 is 0 Å². The molecule has 0 spiro atoms. The number of benzene rings is 2. The molecule has 0 aliphatic rings. The van der Waals surface area contributed by atoms with Gasteiger partial charge in [0.05, 0.1) is 25.3 Å².